The van der Waals surface area contributed by atoms with Crippen LogP contribution in [0.1, 0.15) is 46.5 Å². The van der Waals surface area contributed by atoms with Gasteiger partial charge in [0.1, 0.15) is 5.60 Å². The quantitative estimate of drug-likeness (QED) is 0.546. The van der Waals surface area contributed by atoms with Crippen LogP contribution in [0.4, 0.5) is 0 Å². The lowest BCUT2D eigenvalue weighted by Gasteiger charge is -2.15. The molecule has 1 aliphatic carbocycles. The van der Waals surface area contributed by atoms with Crippen LogP contribution in [0, 0.1) is 17.3 Å². The van der Waals surface area contributed by atoms with Crippen molar-refractivity contribution < 1.29 is 14.6 Å². The van der Waals surface area contributed by atoms with Gasteiger partial charge in [-0.3, -0.25) is 4.79 Å². The summed E-state index contributed by atoms with van der Waals surface area (Å²) in [5.74, 6) is 5.26. The van der Waals surface area contributed by atoms with Crippen molar-refractivity contribution >= 4 is 5.97 Å². The SMILES string of the molecule is CC(C)(C)C(=O)OCC#CC1(O)CCCC1. The van der Waals surface area contributed by atoms with Crippen LogP contribution in [0.25, 0.3) is 0 Å². The summed E-state index contributed by atoms with van der Waals surface area (Å²) in [5, 5.41) is 9.90. The van der Waals surface area contributed by atoms with Gasteiger partial charge in [0.05, 0.1) is 5.41 Å². The molecule has 0 saturated heterocycles. The molecule has 90 valence electrons. The minimum absolute atomic E-state index is 0.0679. The summed E-state index contributed by atoms with van der Waals surface area (Å²) in [6.07, 6.45) is 3.50. The van der Waals surface area contributed by atoms with Gasteiger partial charge in [-0.1, -0.05) is 11.8 Å². The molecule has 0 aromatic heterocycles. The fourth-order valence-electron chi connectivity index (χ4n) is 1.60. The first-order valence-corrected chi connectivity index (χ1v) is 5.73. The molecular weight excluding hydrogens is 204 g/mol. The molecule has 0 aromatic carbocycles. The van der Waals surface area contributed by atoms with Crippen molar-refractivity contribution in [2.24, 2.45) is 5.41 Å². The molecule has 0 aliphatic heterocycles. The van der Waals surface area contributed by atoms with Gasteiger partial charge in [-0.15, -0.1) is 0 Å². The summed E-state index contributed by atoms with van der Waals surface area (Å²) < 4.78 is 4.99. The van der Waals surface area contributed by atoms with Gasteiger partial charge in [-0.25, -0.2) is 0 Å². The molecule has 1 rings (SSSR count). The fourth-order valence-corrected chi connectivity index (χ4v) is 1.60. The van der Waals surface area contributed by atoms with Gasteiger partial charge in [-0.05, 0) is 46.5 Å². The molecule has 0 unspecified atom stereocenters. The molecule has 1 fully saturated rings. The van der Waals surface area contributed by atoms with Gasteiger partial charge in [0.2, 0.25) is 0 Å². The van der Waals surface area contributed by atoms with Crippen LogP contribution >= 0.6 is 0 Å². The van der Waals surface area contributed by atoms with Crippen molar-refractivity contribution in [3.05, 3.63) is 0 Å². The van der Waals surface area contributed by atoms with Crippen LogP contribution in [0.15, 0.2) is 0 Å². The number of rotatable bonds is 1. The summed E-state index contributed by atoms with van der Waals surface area (Å²) in [5.41, 5.74) is -1.33. The Bertz CT molecular complexity index is 308. The molecular formula is C13H20O3. The first-order valence-electron chi connectivity index (χ1n) is 5.73. The number of ether oxygens (including phenoxy) is 1. The van der Waals surface area contributed by atoms with Crippen molar-refractivity contribution in [2.75, 3.05) is 6.61 Å². The molecule has 0 atom stereocenters. The Morgan fingerprint density at radius 1 is 1.38 bits per heavy atom. The van der Waals surface area contributed by atoms with Crippen LogP contribution < -0.4 is 0 Å². The Balaban J connectivity index is 2.36. The second-order valence-electron chi connectivity index (χ2n) is 5.37. The fraction of sp³-hybridized carbons (Fsp3) is 0.769. The molecule has 0 amide bonds. The summed E-state index contributed by atoms with van der Waals surface area (Å²) in [6, 6.07) is 0. The maximum absolute atomic E-state index is 11.4. The predicted molar refractivity (Wildman–Crippen MR) is 61.6 cm³/mol. The van der Waals surface area contributed by atoms with Gasteiger partial charge >= 0.3 is 5.97 Å². The van der Waals surface area contributed by atoms with E-state index >= 15 is 0 Å². The number of carbonyl (C=O) groups is 1. The zero-order valence-corrected chi connectivity index (χ0v) is 10.3. The lowest BCUT2D eigenvalue weighted by Crippen LogP contribution is -2.24. The van der Waals surface area contributed by atoms with Gasteiger partial charge in [0.25, 0.3) is 0 Å². The van der Waals surface area contributed by atoms with Crippen LogP contribution in [-0.2, 0) is 9.53 Å². The van der Waals surface area contributed by atoms with Crippen molar-refractivity contribution in [2.45, 2.75) is 52.1 Å². The first-order chi connectivity index (χ1) is 7.33. The summed E-state index contributed by atoms with van der Waals surface area (Å²) >= 11 is 0. The highest BCUT2D eigenvalue weighted by molar-refractivity contribution is 5.75. The van der Waals surface area contributed by atoms with E-state index in [-0.39, 0.29) is 12.6 Å². The normalized spacial score (nSPS) is 18.8. The molecule has 0 spiro atoms. The molecule has 1 N–H and O–H groups in total. The third kappa shape index (κ3) is 3.86. The second-order valence-corrected chi connectivity index (χ2v) is 5.37. The van der Waals surface area contributed by atoms with E-state index in [4.69, 9.17) is 4.74 Å². The zero-order chi connectivity index (χ0) is 12.2. The van der Waals surface area contributed by atoms with E-state index in [0.717, 1.165) is 25.7 Å². The van der Waals surface area contributed by atoms with Crippen molar-refractivity contribution in [3.63, 3.8) is 0 Å². The Hall–Kier alpha value is -1.01. The third-order valence-corrected chi connectivity index (χ3v) is 2.64. The van der Waals surface area contributed by atoms with Gasteiger partial charge in [0.15, 0.2) is 6.61 Å². The number of esters is 1. The van der Waals surface area contributed by atoms with E-state index < -0.39 is 11.0 Å². The van der Waals surface area contributed by atoms with E-state index in [1.165, 1.54) is 0 Å². The molecule has 0 bridgehead atoms. The van der Waals surface area contributed by atoms with E-state index in [1.807, 2.05) is 0 Å². The minimum atomic E-state index is -0.839. The maximum Gasteiger partial charge on any atom is 0.312 e. The minimum Gasteiger partial charge on any atom is -0.452 e. The Labute approximate surface area is 97.2 Å². The van der Waals surface area contributed by atoms with E-state index in [0.29, 0.717) is 0 Å². The Morgan fingerprint density at radius 2 is 1.94 bits per heavy atom. The van der Waals surface area contributed by atoms with Crippen LogP contribution in [0.5, 0.6) is 0 Å². The molecule has 16 heavy (non-hydrogen) atoms. The third-order valence-electron chi connectivity index (χ3n) is 2.64. The lowest BCUT2D eigenvalue weighted by atomic mass is 9.97. The van der Waals surface area contributed by atoms with Crippen molar-refractivity contribution in [1.82, 2.24) is 0 Å². The highest BCUT2D eigenvalue weighted by Crippen LogP contribution is 2.28. The van der Waals surface area contributed by atoms with Gasteiger partial charge in [0, 0.05) is 0 Å². The largest absolute Gasteiger partial charge is 0.452 e. The standard InChI is InChI=1S/C13H20O3/c1-12(2,3)11(14)16-10-6-9-13(15)7-4-5-8-13/h15H,4-5,7-8,10H2,1-3H3. The molecule has 1 aliphatic rings. The predicted octanol–water partition coefficient (Wildman–Crippen LogP) is 1.88. The number of aliphatic hydroxyl groups is 1. The van der Waals surface area contributed by atoms with Crippen LogP contribution in [0.3, 0.4) is 0 Å². The number of hydrogen-bond donors (Lipinski definition) is 1. The molecule has 0 aromatic rings. The molecule has 0 heterocycles. The summed E-state index contributed by atoms with van der Waals surface area (Å²) in [6.45, 7) is 5.46. The topological polar surface area (TPSA) is 46.5 Å². The van der Waals surface area contributed by atoms with Gasteiger partial charge in [-0.2, -0.15) is 0 Å². The lowest BCUT2D eigenvalue weighted by molar-refractivity contribution is -0.151. The average Bonchev–Trinajstić information content (AvgIpc) is 2.58. The molecule has 3 nitrogen and oxygen atoms in total. The highest BCUT2D eigenvalue weighted by Gasteiger charge is 2.28. The molecule has 1 saturated carbocycles. The monoisotopic (exact) mass is 224 g/mol. The second kappa shape index (κ2) is 4.88. The molecule has 3 heteroatoms. The van der Waals surface area contributed by atoms with Crippen LogP contribution in [0.2, 0.25) is 0 Å². The van der Waals surface area contributed by atoms with E-state index in [1.54, 1.807) is 20.8 Å². The first kappa shape index (κ1) is 13.1. The Kier molecular flexibility index (Phi) is 3.98. The average molecular weight is 224 g/mol. The van der Waals surface area contributed by atoms with Crippen molar-refractivity contribution in [3.8, 4) is 11.8 Å². The highest BCUT2D eigenvalue weighted by atomic mass is 16.5. The zero-order valence-electron chi connectivity index (χ0n) is 10.3. The number of hydrogen-bond acceptors (Lipinski definition) is 3. The van der Waals surface area contributed by atoms with Gasteiger partial charge < -0.3 is 9.84 Å². The van der Waals surface area contributed by atoms with E-state index in [2.05, 4.69) is 11.8 Å². The van der Waals surface area contributed by atoms with Crippen molar-refractivity contribution in [1.29, 1.82) is 0 Å². The smallest absolute Gasteiger partial charge is 0.312 e. The van der Waals surface area contributed by atoms with Crippen LogP contribution in [-0.4, -0.2) is 23.3 Å². The number of carbonyl (C=O) groups excluding carboxylic acids is 1. The summed E-state index contributed by atoms with van der Waals surface area (Å²) in [7, 11) is 0. The maximum atomic E-state index is 11.4. The van der Waals surface area contributed by atoms with E-state index in [9.17, 15) is 9.90 Å². The Morgan fingerprint density at radius 3 is 2.44 bits per heavy atom. The molecule has 0 radical (unpaired) electrons. The summed E-state index contributed by atoms with van der Waals surface area (Å²) in [4.78, 5) is 11.4.